The predicted octanol–water partition coefficient (Wildman–Crippen LogP) is 13.7. The summed E-state index contributed by atoms with van der Waals surface area (Å²) in [6.07, 6.45) is 3.54. The minimum Gasteiger partial charge on any atom is -0.444 e. The zero-order chi connectivity index (χ0) is 88.6. The predicted molar refractivity (Wildman–Crippen MR) is 447 cm³/mol. The Hall–Kier alpha value is -10.4. The lowest BCUT2D eigenvalue weighted by Gasteiger charge is -2.32. The first kappa shape index (κ1) is 94.1. The van der Waals surface area contributed by atoms with E-state index in [0.29, 0.717) is 78.9 Å². The molecule has 0 radical (unpaired) electrons. The molecule has 0 aliphatic carbocycles. The smallest absolute Gasteiger partial charge is 0.444 e. The maximum atomic E-state index is 14.6. The molecule has 2 aliphatic heterocycles. The number of aromatic nitrogens is 3. The van der Waals surface area contributed by atoms with Crippen LogP contribution in [0, 0.1) is 34.9 Å². The highest BCUT2D eigenvalue weighted by Gasteiger charge is 2.53. The maximum absolute atomic E-state index is 14.6. The van der Waals surface area contributed by atoms with Gasteiger partial charge in [-0.2, -0.15) is 0 Å². The van der Waals surface area contributed by atoms with Crippen molar-refractivity contribution in [1.29, 1.82) is 0 Å². The molecule has 34 heteroatoms. The fourth-order valence-corrected chi connectivity index (χ4v) is 15.2. The van der Waals surface area contributed by atoms with E-state index in [1.165, 1.54) is 88.5 Å². The Balaban J connectivity index is 0.000000203. The van der Waals surface area contributed by atoms with Crippen LogP contribution in [0.15, 0.2) is 170 Å². The van der Waals surface area contributed by atoms with Crippen molar-refractivity contribution in [3.05, 3.63) is 283 Å². The van der Waals surface area contributed by atoms with Crippen LogP contribution in [0.3, 0.4) is 0 Å². The fourth-order valence-electron chi connectivity index (χ4n) is 12.0. The average molecular weight is 1770 g/mol. The molecule has 119 heavy (non-hydrogen) atoms. The Kier molecular flexibility index (Phi) is 30.0. The third kappa shape index (κ3) is 24.9. The number of rotatable bonds is 20. The Morgan fingerprint density at radius 2 is 0.857 bits per heavy atom. The molecule has 0 atom stereocenters. The summed E-state index contributed by atoms with van der Waals surface area (Å²) in [6.45, 7) is 22.7. The van der Waals surface area contributed by atoms with Crippen LogP contribution >= 0.6 is 15.9 Å². The van der Waals surface area contributed by atoms with Gasteiger partial charge >= 0.3 is 19.3 Å². The molecule has 0 bridgehead atoms. The van der Waals surface area contributed by atoms with Crippen molar-refractivity contribution in [2.75, 3.05) is 17.3 Å². The zero-order valence-electron chi connectivity index (χ0n) is 68.4. The molecule has 0 spiro atoms. The molecule has 3 aromatic heterocycles. The van der Waals surface area contributed by atoms with Crippen molar-refractivity contribution in [3.8, 4) is 22.3 Å². The second kappa shape index (κ2) is 37.9. The van der Waals surface area contributed by atoms with Crippen LogP contribution in [0.2, 0.25) is 0 Å². The minimum absolute atomic E-state index is 0.00433. The van der Waals surface area contributed by atoms with Crippen molar-refractivity contribution in [2.24, 2.45) is 26.1 Å². The van der Waals surface area contributed by atoms with Crippen LogP contribution in [0.25, 0.3) is 22.3 Å². The minimum atomic E-state index is -3.45. The number of nitrogens with one attached hydrogen (secondary N) is 2. The van der Waals surface area contributed by atoms with Crippen LogP contribution < -0.4 is 32.8 Å². The topological polar surface area (TPSA) is 310 Å². The van der Waals surface area contributed by atoms with E-state index in [1.54, 1.807) is 106 Å². The van der Waals surface area contributed by atoms with Gasteiger partial charge in [0.1, 0.15) is 46.1 Å². The van der Waals surface area contributed by atoms with Crippen molar-refractivity contribution in [3.63, 3.8) is 0 Å². The molecule has 0 saturated carbocycles. The maximum Gasteiger partial charge on any atom is 0.495 e. The highest BCUT2D eigenvalue weighted by molar-refractivity contribution is 9.10. The highest BCUT2D eigenvalue weighted by Crippen LogP contribution is 2.39. The standard InChI is InChI=1S/C28H30F2N2O6S.C23H20F2N2O3S.C22H25BF2O5S.C12H17BrN2O3/c1-6-39(36,37)16-17-7-9-20(26(34)21-10-8-19(29)13-24(21)30)22(11-17)23-15-32(5)25(33)12-18(23)14-31-27(35)38-28(2,3)4;1-3-31(29,30)13-14-4-6-17-19(8-14)20-12-27(2)22(28)9-15(20)11-26-23(17)18-7-5-16(24)10-21(18)25;1-6-31(27,28)13-14-7-9-16(20(26)17-10-8-15(24)12-19(17)25)18(11-14)23-29-21(2,3)22(4,5)30-23;1-12(2,3)18-11(17)14-6-8-5-10(16)15(4)7-9(8)13/h7-13,15H,6,14,16H2,1-5H3,(H,31,35);4-10,12H,3,11,13H2,1-2H3;7-12H,6,13H2,1-5H3;5,7H,6H2,1-4H3,(H,14,17). The van der Waals surface area contributed by atoms with Gasteiger partial charge in [-0.25, -0.2) is 61.2 Å². The van der Waals surface area contributed by atoms with E-state index in [9.17, 15) is 85.2 Å². The van der Waals surface area contributed by atoms with Crippen LogP contribution in [0.1, 0.15) is 166 Å². The number of amides is 2. The Labute approximate surface area is 695 Å². The monoisotopic (exact) mass is 1770 g/mol. The summed E-state index contributed by atoms with van der Waals surface area (Å²) in [5.41, 5.74) is 2.30. The van der Waals surface area contributed by atoms with Gasteiger partial charge in [0.15, 0.2) is 41.1 Å². The van der Waals surface area contributed by atoms with E-state index < -0.39 is 123 Å². The van der Waals surface area contributed by atoms with Crippen LogP contribution in [-0.4, -0.2) is 115 Å². The van der Waals surface area contributed by atoms with Crippen molar-refractivity contribution < 1.29 is 89.6 Å². The highest BCUT2D eigenvalue weighted by atomic mass is 79.9. The van der Waals surface area contributed by atoms with Crippen LogP contribution in [-0.2, 0) is 106 Å². The van der Waals surface area contributed by atoms with Crippen LogP contribution in [0.5, 0.6) is 0 Å². The summed E-state index contributed by atoms with van der Waals surface area (Å²) in [6, 6.07) is 26.7. The van der Waals surface area contributed by atoms with Gasteiger partial charge < -0.3 is 43.1 Å². The molecule has 6 aromatic carbocycles. The molecule has 11 rings (SSSR count). The van der Waals surface area contributed by atoms with Gasteiger partial charge in [-0.1, -0.05) is 63.2 Å². The summed E-state index contributed by atoms with van der Waals surface area (Å²) in [5, 5.41) is 5.18. The number of pyridine rings is 3. The number of aliphatic imine (C=N–C) groups is 1. The normalized spacial score (nSPS) is 13.6. The number of hydrogen-bond donors (Lipinski definition) is 2. The Morgan fingerprint density at radius 3 is 1.33 bits per heavy atom. The lowest BCUT2D eigenvalue weighted by Crippen LogP contribution is -2.41. The largest absolute Gasteiger partial charge is 0.495 e. The summed E-state index contributed by atoms with van der Waals surface area (Å²) in [4.78, 5) is 91.1. The number of halogens is 7. The second-order valence-electron chi connectivity index (χ2n) is 31.1. The number of carbonyl (C=O) groups is 4. The van der Waals surface area contributed by atoms with Gasteiger partial charge in [-0.15, -0.1) is 0 Å². The van der Waals surface area contributed by atoms with Gasteiger partial charge in [-0.05, 0) is 184 Å². The number of carbonyl (C=O) groups excluding carboxylic acids is 4. The SMILES string of the molecule is CCS(=O)(=O)Cc1ccc(C(=O)c2ccc(F)cc2F)c(-c2cn(C)c(=O)cc2CNC(=O)OC(C)(C)C)c1.CCS(=O)(=O)Cc1ccc(C(=O)c2ccc(F)cc2F)c(B2OC(C)(C)C(C)(C)O2)c1.CCS(=O)(=O)Cc1ccc2c(c1)-c1cn(C)c(=O)cc1CN=C2c1ccc(F)cc1F.Cn1cc(Br)c(CNC(=O)OC(C)(C)C)cc1=O. The molecule has 2 N–H and O–H groups in total. The van der Waals surface area contributed by atoms with Crippen molar-refractivity contribution >= 4 is 87.5 Å². The summed E-state index contributed by atoms with van der Waals surface area (Å²) in [5.74, 6) is -7.34. The van der Waals surface area contributed by atoms with Gasteiger partial charge in [0, 0.05) is 144 Å². The van der Waals surface area contributed by atoms with Crippen LogP contribution in [0.4, 0.5) is 35.9 Å². The second-order valence-corrected chi connectivity index (χ2v) is 39.0. The molecular formula is C85H92BBrF6N6O17S3. The molecule has 634 valence electrons. The number of nitrogens with zero attached hydrogens (tertiary/aromatic N) is 4. The number of aryl methyl sites for hydroxylation is 3. The Bertz CT molecular complexity index is 6010. The quantitative estimate of drug-likeness (QED) is 0.0407. The molecule has 23 nitrogen and oxygen atoms in total. The molecule has 2 aliphatic rings. The fraction of sp³-hybridized carbons (Fsp3) is 0.341. The van der Waals surface area contributed by atoms with E-state index >= 15 is 0 Å². The third-order valence-electron chi connectivity index (χ3n) is 19.1. The number of alkyl carbamates (subject to hydrolysis) is 2. The molecule has 5 heterocycles. The van der Waals surface area contributed by atoms with Crippen molar-refractivity contribution in [1.82, 2.24) is 24.3 Å². The molecule has 2 amide bonds. The number of sulfone groups is 3. The summed E-state index contributed by atoms with van der Waals surface area (Å²) < 4.78 is 184. The summed E-state index contributed by atoms with van der Waals surface area (Å²) >= 11 is 3.34. The van der Waals surface area contributed by atoms with Gasteiger partial charge in [-0.3, -0.25) is 29.0 Å². The van der Waals surface area contributed by atoms with E-state index in [1.807, 2.05) is 27.7 Å². The van der Waals surface area contributed by atoms with Gasteiger partial charge in [0.2, 0.25) is 0 Å². The van der Waals surface area contributed by atoms with Gasteiger partial charge in [0.05, 0.1) is 51.8 Å². The first-order valence-electron chi connectivity index (χ1n) is 37.3. The Morgan fingerprint density at radius 1 is 0.471 bits per heavy atom. The molecular weight excluding hydrogens is 1680 g/mol. The first-order chi connectivity index (χ1) is 55.2. The summed E-state index contributed by atoms with van der Waals surface area (Å²) in [7, 11) is -6.22. The van der Waals surface area contributed by atoms with E-state index in [0.717, 1.165) is 40.9 Å². The van der Waals surface area contributed by atoms with Crippen molar-refractivity contribution in [2.45, 2.75) is 149 Å². The van der Waals surface area contributed by atoms with E-state index in [-0.39, 0.29) is 98.7 Å². The number of hydrogen-bond acceptors (Lipinski definition) is 18. The molecule has 0 unspecified atom stereocenters. The van der Waals surface area contributed by atoms with E-state index in [2.05, 4.69) is 31.6 Å². The molecule has 9 aromatic rings. The number of benzene rings is 6. The lowest BCUT2D eigenvalue weighted by atomic mass is 9.73. The first-order valence-corrected chi connectivity index (χ1v) is 43.5. The molecule has 1 fully saturated rings. The van der Waals surface area contributed by atoms with E-state index in [4.69, 9.17) is 18.8 Å². The lowest BCUT2D eigenvalue weighted by molar-refractivity contribution is 0.00578. The number of ether oxygens (including phenoxy) is 2. The zero-order valence-corrected chi connectivity index (χ0v) is 72.4. The third-order valence-corrected chi connectivity index (χ3v) is 24.7. The number of fused-ring (bicyclic) bond motifs is 3. The average Bonchev–Trinajstić information content (AvgIpc) is 1.65. The molecule has 1 saturated heterocycles. The number of ketones is 2. The van der Waals surface area contributed by atoms with Gasteiger partial charge in [0.25, 0.3) is 16.7 Å².